The molecule has 1 atom stereocenters. The number of aliphatic hydroxyl groups is 1. The maximum absolute atomic E-state index is 13.2. The fraction of sp³-hybridized carbons (Fsp3) is 0.345. The van der Waals surface area contributed by atoms with Gasteiger partial charge in [-0.05, 0) is 78.1 Å². The van der Waals surface area contributed by atoms with Crippen LogP contribution in [0.1, 0.15) is 58.4 Å². The van der Waals surface area contributed by atoms with Crippen molar-refractivity contribution in [1.29, 1.82) is 0 Å². The van der Waals surface area contributed by atoms with Gasteiger partial charge < -0.3 is 15.3 Å². The number of nitrogens with one attached hydrogen (secondary N) is 1. The number of carbonyl (C=O) groups is 1. The molecule has 0 radical (unpaired) electrons. The number of benzene rings is 3. The highest BCUT2D eigenvalue weighted by molar-refractivity contribution is 7.91. The van der Waals surface area contributed by atoms with Crippen LogP contribution in [0.2, 0.25) is 0 Å². The molecule has 1 aliphatic heterocycles. The lowest BCUT2D eigenvalue weighted by atomic mass is 9.85. The van der Waals surface area contributed by atoms with Gasteiger partial charge in [0.15, 0.2) is 9.84 Å². The highest BCUT2D eigenvalue weighted by atomic mass is 32.2. The predicted octanol–water partition coefficient (Wildman–Crippen LogP) is 5.01. The number of sulfone groups is 1. The van der Waals surface area contributed by atoms with Crippen LogP contribution >= 0.6 is 0 Å². The average Bonchev–Trinajstić information content (AvgIpc) is 3.70. The molecule has 1 fully saturated rings. The highest BCUT2D eigenvalue weighted by Crippen LogP contribution is 2.53. The minimum atomic E-state index is -4.39. The van der Waals surface area contributed by atoms with Gasteiger partial charge in [-0.25, -0.2) is 8.42 Å². The maximum Gasteiger partial charge on any atom is 0.416 e. The van der Waals surface area contributed by atoms with E-state index in [2.05, 4.69) is 10.2 Å². The van der Waals surface area contributed by atoms with E-state index in [1.807, 2.05) is 12.1 Å². The number of alkyl halides is 3. The van der Waals surface area contributed by atoms with Crippen molar-refractivity contribution in [3.05, 3.63) is 94.5 Å². The smallest absolute Gasteiger partial charge is 0.394 e. The first-order valence-corrected chi connectivity index (χ1v) is 14.4. The number of aliphatic hydroxyl groups excluding tert-OH is 1. The zero-order valence-electron chi connectivity index (χ0n) is 21.3. The summed E-state index contributed by atoms with van der Waals surface area (Å²) in [4.78, 5) is 15.4. The number of nitrogens with zero attached hydrogens (tertiary/aromatic N) is 1. The fourth-order valence-electron chi connectivity index (χ4n) is 5.27. The van der Waals surface area contributed by atoms with E-state index in [4.69, 9.17) is 0 Å². The minimum Gasteiger partial charge on any atom is -0.394 e. The Bertz CT molecular complexity index is 1480. The Kier molecular flexibility index (Phi) is 6.97. The number of hydrogen-bond acceptors (Lipinski definition) is 5. The third-order valence-electron chi connectivity index (χ3n) is 7.72. The summed E-state index contributed by atoms with van der Waals surface area (Å²) in [6.45, 7) is 2.35. The van der Waals surface area contributed by atoms with Gasteiger partial charge in [0.05, 0.1) is 28.9 Å². The number of hydrogen-bond donors (Lipinski definition) is 2. The molecule has 3 aromatic carbocycles. The van der Waals surface area contributed by atoms with Crippen LogP contribution in [0.4, 0.5) is 18.9 Å². The molecule has 2 aliphatic rings. The Morgan fingerprint density at radius 3 is 2.28 bits per heavy atom. The van der Waals surface area contributed by atoms with E-state index in [1.54, 1.807) is 25.1 Å². The van der Waals surface area contributed by atoms with Crippen LogP contribution in [0.25, 0.3) is 0 Å². The first-order valence-electron chi connectivity index (χ1n) is 12.8. The Morgan fingerprint density at radius 2 is 1.72 bits per heavy atom. The molecule has 0 aromatic heterocycles. The van der Waals surface area contributed by atoms with E-state index in [-0.39, 0.29) is 22.7 Å². The van der Waals surface area contributed by atoms with Gasteiger partial charge in [0.2, 0.25) is 0 Å². The van der Waals surface area contributed by atoms with Crippen LogP contribution in [0.3, 0.4) is 0 Å². The molecular weight excluding hydrogens is 529 g/mol. The summed E-state index contributed by atoms with van der Waals surface area (Å²) in [5.74, 6) is -0.416. The van der Waals surface area contributed by atoms with Crippen LogP contribution < -0.4 is 10.2 Å². The van der Waals surface area contributed by atoms with Gasteiger partial charge in [-0.15, -0.1) is 0 Å². The molecule has 2 N–H and O–H groups in total. The Labute approximate surface area is 225 Å². The van der Waals surface area contributed by atoms with Crippen molar-refractivity contribution in [2.24, 2.45) is 0 Å². The lowest BCUT2D eigenvalue weighted by Gasteiger charge is -2.37. The predicted molar refractivity (Wildman–Crippen MR) is 141 cm³/mol. The van der Waals surface area contributed by atoms with E-state index in [9.17, 15) is 31.5 Å². The van der Waals surface area contributed by atoms with Crippen molar-refractivity contribution in [1.82, 2.24) is 5.32 Å². The molecule has 1 heterocycles. The van der Waals surface area contributed by atoms with Crippen LogP contribution in [-0.4, -0.2) is 38.3 Å². The summed E-state index contributed by atoms with van der Waals surface area (Å²) in [5.41, 5.74) is 3.02. The zero-order valence-corrected chi connectivity index (χ0v) is 22.1. The number of rotatable bonds is 7. The normalized spacial score (nSPS) is 17.0. The molecule has 10 heteroatoms. The largest absolute Gasteiger partial charge is 0.416 e. The van der Waals surface area contributed by atoms with Crippen molar-refractivity contribution in [2.45, 2.75) is 48.8 Å². The highest BCUT2D eigenvalue weighted by Gasteiger charge is 2.49. The van der Waals surface area contributed by atoms with E-state index in [0.29, 0.717) is 29.9 Å². The SMILES string of the molecule is CCS(=O)(=O)c1ccc([C@H](CO)NC(=O)c2ccc3c(c2)CN(c2ccc(C(F)(F)F)cc2)CC32CC2)cc1. The lowest BCUT2D eigenvalue weighted by Crippen LogP contribution is -2.38. The van der Waals surface area contributed by atoms with Crippen molar-refractivity contribution in [3.63, 3.8) is 0 Å². The van der Waals surface area contributed by atoms with Crippen LogP contribution in [0.15, 0.2) is 71.6 Å². The van der Waals surface area contributed by atoms with Crippen molar-refractivity contribution in [2.75, 3.05) is 23.8 Å². The van der Waals surface area contributed by atoms with Gasteiger partial charge in [-0.2, -0.15) is 13.2 Å². The van der Waals surface area contributed by atoms with E-state index >= 15 is 0 Å². The summed E-state index contributed by atoms with van der Waals surface area (Å²) in [5, 5.41) is 12.8. The Hall–Kier alpha value is -3.37. The number of anilines is 1. The quantitative estimate of drug-likeness (QED) is 0.426. The van der Waals surface area contributed by atoms with Crippen molar-refractivity contribution < 1.29 is 31.5 Å². The van der Waals surface area contributed by atoms with Gasteiger partial charge in [-0.1, -0.05) is 25.1 Å². The van der Waals surface area contributed by atoms with E-state index in [0.717, 1.165) is 36.1 Å². The third-order valence-corrected chi connectivity index (χ3v) is 9.47. The Morgan fingerprint density at radius 1 is 1.05 bits per heavy atom. The van der Waals surface area contributed by atoms with Gasteiger partial charge in [0.1, 0.15) is 0 Å². The third kappa shape index (κ3) is 5.40. The number of halogens is 3. The number of carbonyl (C=O) groups excluding carboxylic acids is 1. The average molecular weight is 559 g/mol. The standard InChI is InChI=1S/C29H29F3N2O4S/c1-2-39(37,38)24-10-3-19(4-11-24)26(17-35)33-27(36)20-5-12-25-21(15-20)16-34(18-28(25)13-14-28)23-8-6-22(7-9-23)29(30,31)32/h3-12,15,26,35H,2,13-14,16-18H2,1H3,(H,33,36)/t26-/m0/s1. The van der Waals surface area contributed by atoms with Gasteiger partial charge >= 0.3 is 6.18 Å². The monoisotopic (exact) mass is 558 g/mol. The Balaban J connectivity index is 1.35. The van der Waals surface area contributed by atoms with E-state index in [1.165, 1.54) is 24.3 Å². The van der Waals surface area contributed by atoms with Crippen molar-refractivity contribution in [3.8, 4) is 0 Å². The second-order valence-electron chi connectivity index (χ2n) is 10.2. The van der Waals surface area contributed by atoms with Gasteiger partial charge in [0.25, 0.3) is 5.91 Å². The van der Waals surface area contributed by atoms with Crippen LogP contribution in [0, 0.1) is 0 Å². The molecule has 0 saturated heterocycles. The van der Waals surface area contributed by atoms with E-state index < -0.39 is 33.5 Å². The maximum atomic E-state index is 13.2. The van der Waals surface area contributed by atoms with Crippen molar-refractivity contribution >= 4 is 21.4 Å². The summed E-state index contributed by atoms with van der Waals surface area (Å²) >= 11 is 0. The molecule has 206 valence electrons. The van der Waals surface area contributed by atoms with Crippen LogP contribution in [-0.2, 0) is 28.0 Å². The first kappa shape index (κ1) is 27.2. The number of fused-ring (bicyclic) bond motifs is 2. The molecule has 6 nitrogen and oxygen atoms in total. The fourth-order valence-corrected chi connectivity index (χ4v) is 6.15. The molecule has 1 amide bonds. The molecule has 0 unspecified atom stereocenters. The molecule has 0 bridgehead atoms. The zero-order chi connectivity index (χ0) is 28.0. The summed E-state index contributed by atoms with van der Waals surface area (Å²) in [6.07, 6.45) is -2.45. The molecule has 1 aliphatic carbocycles. The van der Waals surface area contributed by atoms with Gasteiger partial charge in [0, 0.05) is 29.8 Å². The summed E-state index contributed by atoms with van der Waals surface area (Å²) < 4.78 is 63.2. The van der Waals surface area contributed by atoms with Crippen LogP contribution in [0.5, 0.6) is 0 Å². The summed E-state index contributed by atoms with van der Waals surface area (Å²) in [7, 11) is -3.36. The summed E-state index contributed by atoms with van der Waals surface area (Å²) in [6, 6.07) is 16.0. The molecule has 3 aromatic rings. The second kappa shape index (κ2) is 9.98. The van der Waals surface area contributed by atoms with Gasteiger partial charge in [-0.3, -0.25) is 4.79 Å². The second-order valence-corrected chi connectivity index (χ2v) is 12.5. The molecular formula is C29H29F3N2O4S. The molecule has 1 spiro atoms. The lowest BCUT2D eigenvalue weighted by molar-refractivity contribution is -0.137. The first-order chi connectivity index (χ1) is 18.5. The molecule has 1 saturated carbocycles. The molecule has 5 rings (SSSR count). The minimum absolute atomic E-state index is 0.0254. The topological polar surface area (TPSA) is 86.7 Å². The molecule has 39 heavy (non-hydrogen) atoms. The number of amides is 1.